The van der Waals surface area contributed by atoms with Crippen molar-refractivity contribution in [3.05, 3.63) is 57.8 Å². The van der Waals surface area contributed by atoms with Gasteiger partial charge in [-0.3, -0.25) is 0 Å². The van der Waals surface area contributed by atoms with Crippen LogP contribution in [0.5, 0.6) is 0 Å². The van der Waals surface area contributed by atoms with E-state index in [0.29, 0.717) is 16.2 Å². The maximum absolute atomic E-state index is 6.11. The van der Waals surface area contributed by atoms with Crippen LogP contribution in [-0.2, 0) is 0 Å². The number of rotatable bonds is 5. The largest absolute Gasteiger partial charge is 0.382 e. The Balaban J connectivity index is 1.94. The maximum Gasteiger partial charge on any atom is 0.154 e. The number of pyridine rings is 1. The standard InChI is InChI=1S/C16H18Cl2N2/c1-11(13-6-4-3-5-7-13)8-9-19-15-12(2)10-14(17)20-16(15)18/h3-7,10-11,19H,8-9H2,1-2H3. The average molecular weight is 309 g/mol. The number of halogens is 2. The molecule has 20 heavy (non-hydrogen) atoms. The van der Waals surface area contributed by atoms with Crippen LogP contribution in [0.25, 0.3) is 0 Å². The lowest BCUT2D eigenvalue weighted by atomic mass is 9.98. The lowest BCUT2D eigenvalue weighted by Crippen LogP contribution is -2.08. The number of aryl methyl sites for hydroxylation is 1. The van der Waals surface area contributed by atoms with Crippen molar-refractivity contribution in [1.82, 2.24) is 4.98 Å². The molecule has 1 heterocycles. The van der Waals surface area contributed by atoms with Gasteiger partial charge >= 0.3 is 0 Å². The quantitative estimate of drug-likeness (QED) is 0.758. The zero-order valence-corrected chi connectivity index (χ0v) is 13.2. The van der Waals surface area contributed by atoms with Crippen LogP contribution < -0.4 is 5.32 Å². The lowest BCUT2D eigenvalue weighted by Gasteiger charge is -2.15. The maximum atomic E-state index is 6.11. The van der Waals surface area contributed by atoms with E-state index in [1.807, 2.05) is 19.1 Å². The number of hydrogen-bond acceptors (Lipinski definition) is 2. The number of benzene rings is 1. The summed E-state index contributed by atoms with van der Waals surface area (Å²) < 4.78 is 0. The highest BCUT2D eigenvalue weighted by molar-refractivity contribution is 6.34. The summed E-state index contributed by atoms with van der Waals surface area (Å²) in [6.07, 6.45) is 1.03. The van der Waals surface area contributed by atoms with Crippen LogP contribution in [0.3, 0.4) is 0 Å². The first-order valence-corrected chi connectivity index (χ1v) is 7.45. The van der Waals surface area contributed by atoms with Gasteiger partial charge < -0.3 is 5.32 Å². The second kappa shape index (κ2) is 6.96. The van der Waals surface area contributed by atoms with Crippen molar-refractivity contribution in [3.63, 3.8) is 0 Å². The van der Waals surface area contributed by atoms with Gasteiger partial charge in [-0.25, -0.2) is 4.98 Å². The summed E-state index contributed by atoms with van der Waals surface area (Å²) in [4.78, 5) is 4.06. The molecule has 1 atom stereocenters. The summed E-state index contributed by atoms with van der Waals surface area (Å²) in [5.74, 6) is 0.503. The van der Waals surface area contributed by atoms with Gasteiger partial charge in [0.25, 0.3) is 0 Å². The van der Waals surface area contributed by atoms with Gasteiger partial charge in [0.1, 0.15) is 5.15 Å². The van der Waals surface area contributed by atoms with E-state index < -0.39 is 0 Å². The Morgan fingerprint density at radius 2 is 1.90 bits per heavy atom. The second-order valence-corrected chi connectivity index (χ2v) is 5.70. The third-order valence-corrected chi connectivity index (χ3v) is 3.86. The molecule has 0 saturated carbocycles. The first kappa shape index (κ1) is 15.1. The predicted molar refractivity (Wildman–Crippen MR) is 87.0 cm³/mol. The Hall–Kier alpha value is -1.25. The number of hydrogen-bond donors (Lipinski definition) is 1. The van der Waals surface area contributed by atoms with E-state index in [1.165, 1.54) is 5.56 Å². The summed E-state index contributed by atoms with van der Waals surface area (Å²) in [6, 6.07) is 12.3. The summed E-state index contributed by atoms with van der Waals surface area (Å²) in [6.45, 7) is 5.05. The van der Waals surface area contributed by atoms with Crippen LogP contribution >= 0.6 is 23.2 Å². The molecule has 0 aliphatic heterocycles. The van der Waals surface area contributed by atoms with Crippen molar-refractivity contribution >= 4 is 28.9 Å². The molecule has 0 saturated heterocycles. The van der Waals surface area contributed by atoms with Crippen molar-refractivity contribution in [2.75, 3.05) is 11.9 Å². The molecule has 2 aromatic rings. The van der Waals surface area contributed by atoms with E-state index in [0.717, 1.165) is 24.2 Å². The number of nitrogens with one attached hydrogen (secondary N) is 1. The average Bonchev–Trinajstić information content (AvgIpc) is 2.42. The van der Waals surface area contributed by atoms with E-state index in [1.54, 1.807) is 0 Å². The van der Waals surface area contributed by atoms with Gasteiger partial charge in [-0.1, -0.05) is 60.5 Å². The molecule has 0 aliphatic rings. The zero-order valence-electron chi connectivity index (χ0n) is 11.7. The molecule has 106 valence electrons. The van der Waals surface area contributed by atoms with Crippen molar-refractivity contribution in [2.24, 2.45) is 0 Å². The third-order valence-electron chi connectivity index (χ3n) is 3.39. The normalized spacial score (nSPS) is 12.2. The predicted octanol–water partition coefficient (Wildman–Crippen LogP) is 5.30. The highest BCUT2D eigenvalue weighted by atomic mass is 35.5. The topological polar surface area (TPSA) is 24.9 Å². The molecular weight excluding hydrogens is 291 g/mol. The second-order valence-electron chi connectivity index (χ2n) is 4.95. The summed E-state index contributed by atoms with van der Waals surface area (Å²) in [7, 11) is 0. The van der Waals surface area contributed by atoms with E-state index >= 15 is 0 Å². The molecule has 0 amide bonds. The molecule has 4 heteroatoms. The fourth-order valence-corrected chi connectivity index (χ4v) is 2.77. The van der Waals surface area contributed by atoms with Crippen molar-refractivity contribution in [3.8, 4) is 0 Å². The van der Waals surface area contributed by atoms with Crippen molar-refractivity contribution in [2.45, 2.75) is 26.2 Å². The molecule has 2 rings (SSSR count). The zero-order chi connectivity index (χ0) is 14.5. The monoisotopic (exact) mass is 308 g/mol. The highest BCUT2D eigenvalue weighted by Crippen LogP contribution is 2.27. The van der Waals surface area contributed by atoms with Crippen LogP contribution in [0.4, 0.5) is 5.69 Å². The molecule has 1 unspecified atom stereocenters. The molecule has 1 N–H and O–H groups in total. The Labute approximate surface area is 130 Å². The molecule has 1 aromatic heterocycles. The first-order valence-electron chi connectivity index (χ1n) is 6.69. The van der Waals surface area contributed by atoms with Crippen LogP contribution in [0, 0.1) is 6.92 Å². The van der Waals surface area contributed by atoms with Gasteiger partial charge in [0.2, 0.25) is 0 Å². The van der Waals surface area contributed by atoms with E-state index in [9.17, 15) is 0 Å². The van der Waals surface area contributed by atoms with Crippen LogP contribution in [0.1, 0.15) is 30.4 Å². The highest BCUT2D eigenvalue weighted by Gasteiger charge is 2.09. The fourth-order valence-electron chi connectivity index (χ4n) is 2.17. The molecule has 1 aromatic carbocycles. The molecule has 2 nitrogen and oxygen atoms in total. The minimum atomic E-state index is 0.427. The van der Waals surface area contributed by atoms with Gasteiger partial charge in [-0.2, -0.15) is 0 Å². The smallest absolute Gasteiger partial charge is 0.154 e. The molecule has 0 fully saturated rings. The fraction of sp³-hybridized carbons (Fsp3) is 0.312. The molecule has 0 spiro atoms. The van der Waals surface area contributed by atoms with E-state index in [4.69, 9.17) is 23.2 Å². The summed E-state index contributed by atoms with van der Waals surface area (Å²) >= 11 is 12.0. The minimum Gasteiger partial charge on any atom is -0.382 e. The Morgan fingerprint density at radius 3 is 2.55 bits per heavy atom. The van der Waals surface area contributed by atoms with Gasteiger partial charge in [0, 0.05) is 6.54 Å². The Bertz CT molecular complexity index is 547. The van der Waals surface area contributed by atoms with Crippen LogP contribution in [0.2, 0.25) is 10.3 Å². The van der Waals surface area contributed by atoms with Gasteiger partial charge in [-0.05, 0) is 36.5 Å². The molecular formula is C16H18Cl2N2. The third kappa shape index (κ3) is 3.87. The first-order chi connectivity index (χ1) is 9.58. The molecule has 0 aliphatic carbocycles. The van der Waals surface area contributed by atoms with Crippen LogP contribution in [-0.4, -0.2) is 11.5 Å². The van der Waals surface area contributed by atoms with Crippen molar-refractivity contribution in [1.29, 1.82) is 0 Å². The number of nitrogens with zero attached hydrogens (tertiary/aromatic N) is 1. The van der Waals surface area contributed by atoms with Gasteiger partial charge in [0.15, 0.2) is 5.15 Å². The Kier molecular flexibility index (Phi) is 5.27. The molecule has 0 radical (unpaired) electrons. The Morgan fingerprint density at radius 1 is 1.20 bits per heavy atom. The van der Waals surface area contributed by atoms with Gasteiger partial charge in [-0.15, -0.1) is 0 Å². The number of anilines is 1. The van der Waals surface area contributed by atoms with Gasteiger partial charge in [0.05, 0.1) is 5.69 Å². The lowest BCUT2D eigenvalue weighted by molar-refractivity contribution is 0.705. The minimum absolute atomic E-state index is 0.427. The molecule has 0 bridgehead atoms. The SMILES string of the molecule is Cc1cc(Cl)nc(Cl)c1NCCC(C)c1ccccc1. The van der Waals surface area contributed by atoms with E-state index in [2.05, 4.69) is 41.5 Å². The van der Waals surface area contributed by atoms with Crippen molar-refractivity contribution < 1.29 is 0 Å². The van der Waals surface area contributed by atoms with E-state index in [-0.39, 0.29) is 0 Å². The van der Waals surface area contributed by atoms with Crippen LogP contribution in [0.15, 0.2) is 36.4 Å². The summed E-state index contributed by atoms with van der Waals surface area (Å²) in [5.41, 5.74) is 3.24. The number of aromatic nitrogens is 1. The summed E-state index contributed by atoms with van der Waals surface area (Å²) in [5, 5.41) is 4.22.